The van der Waals surface area contributed by atoms with Gasteiger partial charge in [-0.05, 0) is 35.9 Å². The second-order valence-electron chi connectivity index (χ2n) is 5.68. The van der Waals surface area contributed by atoms with Gasteiger partial charge >= 0.3 is 5.97 Å². The van der Waals surface area contributed by atoms with Crippen molar-refractivity contribution in [2.45, 2.75) is 13.0 Å². The smallest absolute Gasteiger partial charge is 0.310 e. The number of esters is 1. The molecule has 0 saturated heterocycles. The molecule has 1 heterocycles. The second kappa shape index (κ2) is 8.06. The van der Waals surface area contributed by atoms with Gasteiger partial charge in [0.1, 0.15) is 23.3 Å². The SMILES string of the molecule is COc1ccc(CC(=O)OCc2cc3ccc(OC)cc3nc2Cl)cc1. The summed E-state index contributed by atoms with van der Waals surface area (Å²) in [5, 5.41) is 1.21. The first kappa shape index (κ1) is 18.0. The number of carbonyl (C=O) groups is 1. The molecule has 6 heteroatoms. The minimum atomic E-state index is -0.332. The van der Waals surface area contributed by atoms with Crippen LogP contribution in [-0.2, 0) is 22.6 Å². The van der Waals surface area contributed by atoms with Crippen molar-refractivity contribution >= 4 is 28.5 Å². The lowest BCUT2D eigenvalue weighted by Gasteiger charge is -2.09. The first-order valence-corrected chi connectivity index (χ1v) is 8.38. The molecule has 0 fully saturated rings. The number of fused-ring (bicyclic) bond motifs is 1. The number of carbonyl (C=O) groups excluding carboxylic acids is 1. The zero-order chi connectivity index (χ0) is 18.5. The maximum Gasteiger partial charge on any atom is 0.310 e. The van der Waals surface area contributed by atoms with Crippen LogP contribution in [0.3, 0.4) is 0 Å². The van der Waals surface area contributed by atoms with Gasteiger partial charge < -0.3 is 14.2 Å². The van der Waals surface area contributed by atoms with Gasteiger partial charge in [-0.2, -0.15) is 0 Å². The number of aromatic nitrogens is 1. The molecule has 2 aromatic carbocycles. The van der Waals surface area contributed by atoms with Gasteiger partial charge in [0.25, 0.3) is 0 Å². The van der Waals surface area contributed by atoms with Crippen LogP contribution in [0, 0.1) is 0 Å². The molecule has 0 aliphatic rings. The van der Waals surface area contributed by atoms with Gasteiger partial charge in [0.2, 0.25) is 0 Å². The van der Waals surface area contributed by atoms with Gasteiger partial charge in [-0.15, -0.1) is 0 Å². The number of rotatable bonds is 6. The Morgan fingerprint density at radius 3 is 2.38 bits per heavy atom. The molecule has 0 aliphatic heterocycles. The maximum atomic E-state index is 12.1. The van der Waals surface area contributed by atoms with Gasteiger partial charge in [0, 0.05) is 17.0 Å². The van der Waals surface area contributed by atoms with Crippen molar-refractivity contribution in [2.75, 3.05) is 14.2 Å². The predicted octanol–water partition coefficient (Wildman–Crippen LogP) is 4.19. The van der Waals surface area contributed by atoms with E-state index in [-0.39, 0.29) is 19.0 Å². The van der Waals surface area contributed by atoms with Crippen LogP contribution < -0.4 is 9.47 Å². The standard InChI is InChI=1S/C20H18ClNO4/c1-24-16-6-3-13(4-7-16)9-19(23)26-12-15-10-14-5-8-17(25-2)11-18(14)22-20(15)21/h3-8,10-11H,9,12H2,1-2H3. The second-order valence-corrected chi connectivity index (χ2v) is 6.04. The highest BCUT2D eigenvalue weighted by atomic mass is 35.5. The van der Waals surface area contributed by atoms with E-state index in [4.69, 9.17) is 25.8 Å². The fourth-order valence-corrected chi connectivity index (χ4v) is 2.71. The molecule has 0 radical (unpaired) electrons. The van der Waals surface area contributed by atoms with E-state index in [1.807, 2.05) is 30.3 Å². The largest absolute Gasteiger partial charge is 0.497 e. The Hall–Kier alpha value is -2.79. The summed E-state index contributed by atoms with van der Waals surface area (Å²) >= 11 is 6.22. The molecule has 0 saturated carbocycles. The summed E-state index contributed by atoms with van der Waals surface area (Å²) in [6.07, 6.45) is 0.180. The fraction of sp³-hybridized carbons (Fsp3) is 0.200. The van der Waals surface area contributed by atoms with Crippen molar-refractivity contribution in [1.82, 2.24) is 4.98 Å². The third kappa shape index (κ3) is 4.24. The molecule has 3 aromatic rings. The van der Waals surface area contributed by atoms with Crippen LogP contribution in [0.25, 0.3) is 10.9 Å². The molecule has 1 aromatic heterocycles. The van der Waals surface area contributed by atoms with Gasteiger partial charge in [0.05, 0.1) is 26.2 Å². The molecular weight excluding hydrogens is 354 g/mol. The van der Waals surface area contributed by atoms with E-state index in [0.717, 1.165) is 22.2 Å². The number of hydrogen-bond donors (Lipinski definition) is 0. The molecule has 0 spiro atoms. The summed E-state index contributed by atoms with van der Waals surface area (Å²) < 4.78 is 15.6. The van der Waals surface area contributed by atoms with Crippen molar-refractivity contribution in [3.8, 4) is 11.5 Å². The molecule has 0 unspecified atom stereocenters. The Kier molecular flexibility index (Phi) is 5.58. The van der Waals surface area contributed by atoms with Crippen LogP contribution in [0.4, 0.5) is 0 Å². The van der Waals surface area contributed by atoms with E-state index in [0.29, 0.717) is 16.5 Å². The molecule has 0 atom stereocenters. The van der Waals surface area contributed by atoms with E-state index >= 15 is 0 Å². The van der Waals surface area contributed by atoms with Crippen molar-refractivity contribution < 1.29 is 19.0 Å². The van der Waals surface area contributed by atoms with Crippen LogP contribution in [0.5, 0.6) is 11.5 Å². The normalized spacial score (nSPS) is 10.6. The molecule has 0 amide bonds. The number of halogens is 1. The third-order valence-electron chi connectivity index (χ3n) is 3.95. The molecule has 0 bridgehead atoms. The number of nitrogens with zero attached hydrogens (tertiary/aromatic N) is 1. The van der Waals surface area contributed by atoms with Crippen molar-refractivity contribution in [2.24, 2.45) is 0 Å². The molecule has 0 aliphatic carbocycles. The number of methoxy groups -OCH3 is 2. The average Bonchev–Trinajstić information content (AvgIpc) is 2.66. The summed E-state index contributed by atoms with van der Waals surface area (Å²) in [5.41, 5.74) is 2.24. The van der Waals surface area contributed by atoms with Crippen molar-refractivity contribution in [3.63, 3.8) is 0 Å². The highest BCUT2D eigenvalue weighted by Crippen LogP contribution is 2.24. The van der Waals surface area contributed by atoms with E-state index in [2.05, 4.69) is 4.98 Å². The number of pyridine rings is 1. The Bertz CT molecular complexity index is 925. The number of benzene rings is 2. The Labute approximate surface area is 156 Å². The minimum absolute atomic E-state index is 0.0722. The number of hydrogen-bond acceptors (Lipinski definition) is 5. The maximum absolute atomic E-state index is 12.1. The summed E-state index contributed by atoms with van der Waals surface area (Å²) in [7, 11) is 3.19. The topological polar surface area (TPSA) is 57.7 Å². The minimum Gasteiger partial charge on any atom is -0.497 e. The first-order chi connectivity index (χ1) is 12.6. The van der Waals surface area contributed by atoms with E-state index in [9.17, 15) is 4.79 Å². The molecule has 5 nitrogen and oxygen atoms in total. The molecular formula is C20H18ClNO4. The lowest BCUT2D eigenvalue weighted by atomic mass is 10.1. The molecule has 0 N–H and O–H groups in total. The average molecular weight is 372 g/mol. The Balaban J connectivity index is 1.66. The fourth-order valence-electron chi connectivity index (χ4n) is 2.51. The summed E-state index contributed by atoms with van der Waals surface area (Å²) in [6.45, 7) is 0.0722. The summed E-state index contributed by atoms with van der Waals surface area (Å²) in [6, 6.07) is 14.7. The Morgan fingerprint density at radius 2 is 1.69 bits per heavy atom. The highest BCUT2D eigenvalue weighted by Gasteiger charge is 2.10. The van der Waals surface area contributed by atoms with Crippen molar-refractivity contribution in [1.29, 1.82) is 0 Å². The first-order valence-electron chi connectivity index (χ1n) is 8.01. The molecule has 26 heavy (non-hydrogen) atoms. The van der Waals surface area contributed by atoms with Crippen LogP contribution in [-0.4, -0.2) is 25.2 Å². The quantitative estimate of drug-likeness (QED) is 0.480. The van der Waals surface area contributed by atoms with Gasteiger partial charge in [0.15, 0.2) is 0 Å². The van der Waals surface area contributed by atoms with Crippen LogP contribution >= 0.6 is 11.6 Å². The van der Waals surface area contributed by atoms with Crippen molar-refractivity contribution in [3.05, 3.63) is 64.8 Å². The molecule has 134 valence electrons. The van der Waals surface area contributed by atoms with Crippen LogP contribution in [0.15, 0.2) is 48.5 Å². The van der Waals surface area contributed by atoms with Gasteiger partial charge in [-0.25, -0.2) is 4.98 Å². The van der Waals surface area contributed by atoms with Crippen LogP contribution in [0.1, 0.15) is 11.1 Å². The third-order valence-corrected chi connectivity index (χ3v) is 4.27. The predicted molar refractivity (Wildman–Crippen MR) is 99.8 cm³/mol. The van der Waals surface area contributed by atoms with E-state index < -0.39 is 0 Å². The van der Waals surface area contributed by atoms with E-state index in [1.54, 1.807) is 32.4 Å². The zero-order valence-corrected chi connectivity index (χ0v) is 15.2. The van der Waals surface area contributed by atoms with E-state index in [1.165, 1.54) is 0 Å². The van der Waals surface area contributed by atoms with Crippen LogP contribution in [0.2, 0.25) is 5.15 Å². The lowest BCUT2D eigenvalue weighted by molar-refractivity contribution is -0.144. The number of ether oxygens (including phenoxy) is 3. The molecule has 3 rings (SSSR count). The monoisotopic (exact) mass is 371 g/mol. The Morgan fingerprint density at radius 1 is 1.00 bits per heavy atom. The highest BCUT2D eigenvalue weighted by molar-refractivity contribution is 6.30. The van der Waals surface area contributed by atoms with Gasteiger partial charge in [-0.1, -0.05) is 23.7 Å². The lowest BCUT2D eigenvalue weighted by Crippen LogP contribution is -2.08. The summed E-state index contributed by atoms with van der Waals surface area (Å²) in [5.74, 6) is 1.12. The van der Waals surface area contributed by atoms with Gasteiger partial charge in [-0.3, -0.25) is 4.79 Å². The zero-order valence-electron chi connectivity index (χ0n) is 14.5. The summed E-state index contributed by atoms with van der Waals surface area (Å²) in [4.78, 5) is 16.4.